The lowest BCUT2D eigenvalue weighted by Gasteiger charge is -2.32. The second-order valence-electron chi connectivity index (χ2n) is 8.42. The number of carbonyl (C=O) groups excluding carboxylic acids is 1. The number of benzene rings is 1. The predicted molar refractivity (Wildman–Crippen MR) is 110 cm³/mol. The lowest BCUT2D eigenvalue weighted by atomic mass is 9.86. The van der Waals surface area contributed by atoms with E-state index in [1.807, 2.05) is 24.0 Å². The quantitative estimate of drug-likeness (QED) is 0.675. The molecule has 9 nitrogen and oxygen atoms in total. The van der Waals surface area contributed by atoms with Gasteiger partial charge in [-0.1, -0.05) is 6.07 Å². The Kier molecular flexibility index (Phi) is 5.42. The molecule has 30 heavy (non-hydrogen) atoms. The number of rotatable bonds is 4. The number of hydrogen-bond donors (Lipinski definition) is 3. The molecule has 4 rings (SSSR count). The van der Waals surface area contributed by atoms with Crippen LogP contribution < -0.4 is 11.0 Å². The maximum absolute atomic E-state index is 13.0. The molecular weight excluding hydrogens is 388 g/mol. The van der Waals surface area contributed by atoms with Crippen LogP contribution in [0.3, 0.4) is 0 Å². The first kappa shape index (κ1) is 20.6. The molecule has 9 heteroatoms. The monoisotopic (exact) mass is 416 g/mol. The third-order valence-corrected chi connectivity index (χ3v) is 6.56. The molecule has 3 N–H and O–H groups in total. The van der Waals surface area contributed by atoms with Gasteiger partial charge < -0.3 is 15.5 Å². The highest BCUT2D eigenvalue weighted by Crippen LogP contribution is 2.34. The molecule has 0 bridgehead atoms. The first-order valence-electron chi connectivity index (χ1n) is 10.4. The Morgan fingerprint density at radius 3 is 2.50 bits per heavy atom. The SMILES string of the molecule is Cc1c(C2CCN(CC(=O)O)CC2)ccc2c1n(C)c(=O)n2C1CCC(O)NC1=O. The number of carboxylic acid groups (broad SMARTS) is 1. The Labute approximate surface area is 173 Å². The summed E-state index contributed by atoms with van der Waals surface area (Å²) in [5.74, 6) is -0.830. The van der Waals surface area contributed by atoms with Crippen LogP contribution in [0.25, 0.3) is 11.0 Å². The number of nitrogens with zero attached hydrogens (tertiary/aromatic N) is 3. The number of fused-ring (bicyclic) bond motifs is 1. The van der Waals surface area contributed by atoms with Crippen LogP contribution in [-0.4, -0.2) is 62.0 Å². The van der Waals surface area contributed by atoms with Crippen molar-refractivity contribution >= 4 is 22.9 Å². The van der Waals surface area contributed by atoms with Crippen molar-refractivity contribution in [3.8, 4) is 0 Å². The summed E-state index contributed by atoms with van der Waals surface area (Å²) in [7, 11) is 1.73. The van der Waals surface area contributed by atoms with Crippen molar-refractivity contribution in [2.45, 2.75) is 50.8 Å². The van der Waals surface area contributed by atoms with Gasteiger partial charge in [-0.2, -0.15) is 0 Å². The first-order chi connectivity index (χ1) is 14.3. The highest BCUT2D eigenvalue weighted by Gasteiger charge is 2.32. The van der Waals surface area contributed by atoms with Crippen molar-refractivity contribution in [2.75, 3.05) is 19.6 Å². The van der Waals surface area contributed by atoms with Gasteiger partial charge in [0.1, 0.15) is 12.3 Å². The fraction of sp³-hybridized carbons (Fsp3) is 0.571. The lowest BCUT2D eigenvalue weighted by Crippen LogP contribution is -2.46. The number of piperidine rings is 2. The number of nitrogens with one attached hydrogen (secondary N) is 1. The first-order valence-corrected chi connectivity index (χ1v) is 10.4. The van der Waals surface area contributed by atoms with Gasteiger partial charge in [0.25, 0.3) is 0 Å². The zero-order valence-corrected chi connectivity index (χ0v) is 17.3. The van der Waals surface area contributed by atoms with E-state index >= 15 is 0 Å². The third kappa shape index (κ3) is 3.52. The van der Waals surface area contributed by atoms with Gasteiger partial charge in [-0.25, -0.2) is 4.79 Å². The van der Waals surface area contributed by atoms with Gasteiger partial charge in [0.05, 0.1) is 17.6 Å². The molecule has 2 atom stereocenters. The van der Waals surface area contributed by atoms with E-state index in [0.717, 1.165) is 42.5 Å². The van der Waals surface area contributed by atoms with Gasteiger partial charge in [0.2, 0.25) is 5.91 Å². The lowest BCUT2D eigenvalue weighted by molar-refractivity contribution is -0.138. The van der Waals surface area contributed by atoms with Crippen LogP contribution >= 0.6 is 0 Å². The summed E-state index contributed by atoms with van der Waals surface area (Å²) < 4.78 is 3.15. The molecule has 1 aromatic carbocycles. The summed E-state index contributed by atoms with van der Waals surface area (Å²) in [6, 6.07) is 3.33. The van der Waals surface area contributed by atoms with Crippen LogP contribution in [0.1, 0.15) is 48.8 Å². The standard InChI is InChI=1S/C21H28N4O5/c1-12-14(13-7-9-24(10-8-13)11-18(27)28)3-4-15-19(12)23(2)21(30)25(15)16-5-6-17(26)22-20(16)29/h3-4,13,16-17,26H,5-11H2,1-2H3,(H,22,29)(H,27,28). The number of aliphatic hydroxyl groups excluding tert-OH is 1. The molecule has 1 amide bonds. The van der Waals surface area contributed by atoms with E-state index in [-0.39, 0.29) is 18.1 Å². The summed E-state index contributed by atoms with van der Waals surface area (Å²) in [6.07, 6.45) is 1.70. The molecule has 0 spiro atoms. The highest BCUT2D eigenvalue weighted by atomic mass is 16.4. The number of aromatic nitrogens is 2. The van der Waals surface area contributed by atoms with E-state index in [1.54, 1.807) is 16.2 Å². The van der Waals surface area contributed by atoms with E-state index in [0.29, 0.717) is 18.8 Å². The van der Waals surface area contributed by atoms with Gasteiger partial charge in [-0.05, 0) is 68.8 Å². The number of likely N-dealkylation sites (tertiary alicyclic amines) is 1. The Bertz CT molecular complexity index is 1050. The number of hydrogen-bond acceptors (Lipinski definition) is 5. The molecule has 3 heterocycles. The van der Waals surface area contributed by atoms with Crippen LogP contribution in [0.4, 0.5) is 0 Å². The molecule has 2 unspecified atom stereocenters. The largest absolute Gasteiger partial charge is 0.480 e. The van der Waals surface area contributed by atoms with E-state index in [9.17, 15) is 19.5 Å². The Hall–Kier alpha value is -2.65. The van der Waals surface area contributed by atoms with Gasteiger partial charge >= 0.3 is 11.7 Å². The second-order valence-corrected chi connectivity index (χ2v) is 8.42. The minimum absolute atomic E-state index is 0.0697. The number of carboxylic acids is 1. The summed E-state index contributed by atoms with van der Waals surface area (Å²) in [5, 5.41) is 21.2. The van der Waals surface area contributed by atoms with Crippen molar-refractivity contribution in [2.24, 2.45) is 7.05 Å². The minimum Gasteiger partial charge on any atom is -0.480 e. The van der Waals surface area contributed by atoms with Gasteiger partial charge in [-0.3, -0.25) is 23.6 Å². The maximum atomic E-state index is 13.0. The van der Waals surface area contributed by atoms with Crippen molar-refractivity contribution in [1.82, 2.24) is 19.4 Å². The number of aliphatic carboxylic acids is 1. The Morgan fingerprint density at radius 2 is 1.87 bits per heavy atom. The number of aliphatic hydroxyl groups is 1. The fourth-order valence-electron chi connectivity index (χ4n) is 5.04. The van der Waals surface area contributed by atoms with E-state index in [2.05, 4.69) is 5.32 Å². The Morgan fingerprint density at radius 1 is 1.17 bits per heavy atom. The van der Waals surface area contributed by atoms with Crippen LogP contribution in [0.15, 0.2) is 16.9 Å². The van der Waals surface area contributed by atoms with Crippen LogP contribution in [0, 0.1) is 6.92 Å². The molecule has 0 aliphatic carbocycles. The number of aryl methyl sites for hydroxylation is 2. The molecule has 2 aliphatic rings. The minimum atomic E-state index is -0.861. The second kappa shape index (κ2) is 7.88. The third-order valence-electron chi connectivity index (χ3n) is 6.56. The molecular formula is C21H28N4O5. The molecule has 0 radical (unpaired) electrons. The van der Waals surface area contributed by atoms with E-state index in [4.69, 9.17) is 5.11 Å². The normalized spacial score (nSPS) is 23.6. The highest BCUT2D eigenvalue weighted by molar-refractivity contribution is 5.86. The molecule has 2 saturated heterocycles. The maximum Gasteiger partial charge on any atom is 0.329 e. The van der Waals surface area contributed by atoms with E-state index in [1.165, 1.54) is 5.56 Å². The van der Waals surface area contributed by atoms with Crippen molar-refractivity contribution < 1.29 is 19.8 Å². The van der Waals surface area contributed by atoms with Crippen molar-refractivity contribution in [3.63, 3.8) is 0 Å². The van der Waals surface area contributed by atoms with Gasteiger partial charge in [0.15, 0.2) is 0 Å². The zero-order valence-electron chi connectivity index (χ0n) is 17.3. The molecule has 1 aromatic heterocycles. The number of amides is 1. The number of imidazole rings is 1. The fourth-order valence-corrected chi connectivity index (χ4v) is 5.04. The molecule has 162 valence electrons. The summed E-state index contributed by atoms with van der Waals surface area (Å²) in [6.45, 7) is 3.55. The molecule has 2 aromatic rings. The van der Waals surface area contributed by atoms with Crippen molar-refractivity contribution in [3.05, 3.63) is 33.7 Å². The van der Waals surface area contributed by atoms with Crippen molar-refractivity contribution in [1.29, 1.82) is 0 Å². The smallest absolute Gasteiger partial charge is 0.329 e. The predicted octanol–water partition coefficient (Wildman–Crippen LogP) is 0.682. The number of carbonyl (C=O) groups is 2. The summed E-state index contributed by atoms with van der Waals surface area (Å²) in [4.78, 5) is 38.3. The average molecular weight is 416 g/mol. The Balaban J connectivity index is 1.67. The average Bonchev–Trinajstić information content (AvgIpc) is 2.94. The molecule has 2 aliphatic heterocycles. The van der Waals surface area contributed by atoms with Gasteiger partial charge in [0, 0.05) is 7.05 Å². The van der Waals surface area contributed by atoms with Crippen LogP contribution in [0.2, 0.25) is 0 Å². The van der Waals surface area contributed by atoms with Crippen LogP contribution in [0.5, 0.6) is 0 Å². The molecule has 0 saturated carbocycles. The van der Waals surface area contributed by atoms with Gasteiger partial charge in [-0.15, -0.1) is 0 Å². The van der Waals surface area contributed by atoms with E-state index < -0.39 is 18.2 Å². The molecule has 2 fully saturated rings. The summed E-state index contributed by atoms with van der Waals surface area (Å²) >= 11 is 0. The zero-order chi connectivity index (χ0) is 21.6. The topological polar surface area (TPSA) is 117 Å². The summed E-state index contributed by atoms with van der Waals surface area (Å²) in [5.41, 5.74) is 3.51. The van der Waals surface area contributed by atoms with Crippen LogP contribution in [-0.2, 0) is 16.6 Å².